The largest absolute Gasteiger partial charge is 0.347 e. The molecule has 9 heteroatoms. The molecule has 1 aliphatic rings. The molecule has 1 aromatic heterocycles. The summed E-state index contributed by atoms with van der Waals surface area (Å²) in [4.78, 5) is 26.3. The van der Waals surface area contributed by atoms with E-state index in [9.17, 15) is 9.59 Å². The quantitative estimate of drug-likeness (QED) is 0.758. The summed E-state index contributed by atoms with van der Waals surface area (Å²) in [6, 6.07) is 7.17. The minimum atomic E-state index is -0.696. The molecule has 0 saturated heterocycles. The minimum Gasteiger partial charge on any atom is -0.347 e. The number of fused-ring (bicyclic) bond motifs is 1. The fourth-order valence-corrected chi connectivity index (χ4v) is 3.71. The van der Waals surface area contributed by atoms with Crippen molar-refractivity contribution in [1.82, 2.24) is 20.0 Å². The first-order valence-electron chi connectivity index (χ1n) is 8.14. The van der Waals surface area contributed by atoms with Crippen LogP contribution in [0.2, 0.25) is 5.02 Å². The van der Waals surface area contributed by atoms with Crippen LogP contribution in [-0.2, 0) is 21.1 Å². The predicted octanol–water partition coefficient (Wildman–Crippen LogP) is 1.89. The number of hydrogen-bond acceptors (Lipinski definition) is 5. The summed E-state index contributed by atoms with van der Waals surface area (Å²) >= 11 is 7.68. The number of carbonyl (C=O) groups is 2. The van der Waals surface area contributed by atoms with Gasteiger partial charge in [0.1, 0.15) is 5.82 Å². The maximum atomic E-state index is 12.3. The maximum absolute atomic E-state index is 12.3. The zero-order valence-corrected chi connectivity index (χ0v) is 16.2. The second-order valence-electron chi connectivity index (χ2n) is 6.17. The van der Waals surface area contributed by atoms with Crippen LogP contribution >= 0.6 is 23.4 Å². The SMILES string of the molecule is CN(C)CCNC(=O)C(=O)Nc1c2c(nn1-c1ccc(Cl)cc1)CSC2. The number of thioether (sulfide) groups is 1. The molecule has 0 fully saturated rings. The molecule has 26 heavy (non-hydrogen) atoms. The Hall–Kier alpha value is -2.03. The van der Waals surface area contributed by atoms with Crippen LogP contribution in [0, 0.1) is 0 Å². The van der Waals surface area contributed by atoms with Gasteiger partial charge in [-0.05, 0) is 38.4 Å². The number of amides is 2. The van der Waals surface area contributed by atoms with Gasteiger partial charge in [0.05, 0.1) is 11.4 Å². The van der Waals surface area contributed by atoms with Crippen molar-refractivity contribution >= 4 is 41.0 Å². The van der Waals surface area contributed by atoms with Gasteiger partial charge in [0, 0.05) is 35.2 Å². The van der Waals surface area contributed by atoms with Crippen molar-refractivity contribution in [3.05, 3.63) is 40.5 Å². The number of rotatable bonds is 5. The van der Waals surface area contributed by atoms with Crippen LogP contribution in [0.15, 0.2) is 24.3 Å². The lowest BCUT2D eigenvalue weighted by molar-refractivity contribution is -0.136. The van der Waals surface area contributed by atoms with E-state index in [0.717, 1.165) is 28.5 Å². The molecule has 1 aliphatic heterocycles. The van der Waals surface area contributed by atoms with E-state index >= 15 is 0 Å². The molecule has 2 aromatic rings. The molecular weight excluding hydrogens is 374 g/mol. The molecule has 0 atom stereocenters. The number of halogens is 1. The van der Waals surface area contributed by atoms with E-state index in [-0.39, 0.29) is 0 Å². The van der Waals surface area contributed by atoms with E-state index in [4.69, 9.17) is 11.6 Å². The predicted molar refractivity (Wildman–Crippen MR) is 104 cm³/mol. The number of carbonyl (C=O) groups excluding carboxylic acids is 2. The van der Waals surface area contributed by atoms with E-state index in [1.807, 2.05) is 31.1 Å². The van der Waals surface area contributed by atoms with Crippen LogP contribution < -0.4 is 10.6 Å². The van der Waals surface area contributed by atoms with Gasteiger partial charge < -0.3 is 15.5 Å². The van der Waals surface area contributed by atoms with Crippen LogP contribution in [0.25, 0.3) is 5.69 Å². The Balaban J connectivity index is 1.79. The lowest BCUT2D eigenvalue weighted by Gasteiger charge is -2.12. The van der Waals surface area contributed by atoms with Crippen molar-refractivity contribution < 1.29 is 9.59 Å². The van der Waals surface area contributed by atoms with Gasteiger partial charge in [-0.2, -0.15) is 16.9 Å². The Morgan fingerprint density at radius 3 is 2.65 bits per heavy atom. The van der Waals surface area contributed by atoms with Crippen molar-refractivity contribution in [2.75, 3.05) is 32.5 Å². The molecule has 0 radical (unpaired) electrons. The van der Waals surface area contributed by atoms with E-state index < -0.39 is 11.8 Å². The Morgan fingerprint density at radius 1 is 1.23 bits per heavy atom. The highest BCUT2D eigenvalue weighted by Crippen LogP contribution is 2.36. The molecule has 0 aliphatic carbocycles. The van der Waals surface area contributed by atoms with Gasteiger partial charge in [0.15, 0.2) is 0 Å². The number of benzene rings is 1. The summed E-state index contributed by atoms with van der Waals surface area (Å²) in [5, 5.41) is 10.6. The summed E-state index contributed by atoms with van der Waals surface area (Å²) in [5.74, 6) is 0.725. The van der Waals surface area contributed by atoms with Crippen molar-refractivity contribution in [2.45, 2.75) is 11.5 Å². The fourth-order valence-electron chi connectivity index (χ4n) is 2.55. The third-order valence-electron chi connectivity index (χ3n) is 3.91. The summed E-state index contributed by atoms with van der Waals surface area (Å²) in [5.41, 5.74) is 2.66. The first-order valence-corrected chi connectivity index (χ1v) is 9.67. The van der Waals surface area contributed by atoms with Gasteiger partial charge in [-0.1, -0.05) is 11.6 Å². The Labute approximate surface area is 161 Å². The van der Waals surface area contributed by atoms with E-state index in [1.54, 1.807) is 28.6 Å². The number of nitrogens with one attached hydrogen (secondary N) is 2. The van der Waals surface area contributed by atoms with Crippen molar-refractivity contribution in [3.8, 4) is 5.69 Å². The highest BCUT2D eigenvalue weighted by atomic mass is 35.5. The minimum absolute atomic E-state index is 0.406. The second kappa shape index (κ2) is 8.11. The molecule has 2 heterocycles. The molecule has 138 valence electrons. The maximum Gasteiger partial charge on any atom is 0.314 e. The monoisotopic (exact) mass is 393 g/mol. The molecule has 7 nitrogen and oxygen atoms in total. The normalized spacial score (nSPS) is 12.9. The van der Waals surface area contributed by atoms with Crippen LogP contribution in [0.3, 0.4) is 0 Å². The molecule has 0 spiro atoms. The number of aromatic nitrogens is 2. The van der Waals surface area contributed by atoms with Gasteiger partial charge in [-0.15, -0.1) is 0 Å². The van der Waals surface area contributed by atoms with Crippen molar-refractivity contribution in [3.63, 3.8) is 0 Å². The molecule has 0 bridgehead atoms. The lowest BCUT2D eigenvalue weighted by Crippen LogP contribution is -2.39. The highest BCUT2D eigenvalue weighted by molar-refractivity contribution is 7.98. The standard InChI is InChI=1S/C17H20ClN5O2S/c1-22(2)8-7-19-16(24)17(25)20-15-13-9-26-10-14(13)21-23(15)12-5-3-11(18)4-6-12/h3-6H,7-10H2,1-2H3,(H,19,24)(H,20,25). The lowest BCUT2D eigenvalue weighted by atomic mass is 10.2. The highest BCUT2D eigenvalue weighted by Gasteiger charge is 2.26. The zero-order chi connectivity index (χ0) is 18.7. The smallest absolute Gasteiger partial charge is 0.314 e. The summed E-state index contributed by atoms with van der Waals surface area (Å²) in [6.07, 6.45) is 0. The zero-order valence-electron chi connectivity index (χ0n) is 14.6. The number of likely N-dealkylation sites (N-methyl/N-ethyl adjacent to an activating group) is 1. The Morgan fingerprint density at radius 2 is 1.96 bits per heavy atom. The van der Waals surface area contributed by atoms with Gasteiger partial charge in [0.25, 0.3) is 0 Å². The Kier molecular flexibility index (Phi) is 5.85. The van der Waals surface area contributed by atoms with Crippen LogP contribution in [0.4, 0.5) is 5.82 Å². The summed E-state index contributed by atoms with van der Waals surface area (Å²) in [7, 11) is 3.80. The molecule has 0 saturated carbocycles. The van der Waals surface area contributed by atoms with E-state index in [1.165, 1.54) is 0 Å². The van der Waals surface area contributed by atoms with Gasteiger partial charge in [0.2, 0.25) is 0 Å². The van der Waals surface area contributed by atoms with Gasteiger partial charge >= 0.3 is 11.8 Å². The molecular formula is C17H20ClN5O2S. The van der Waals surface area contributed by atoms with Crippen molar-refractivity contribution in [1.29, 1.82) is 0 Å². The summed E-state index contributed by atoms with van der Waals surface area (Å²) in [6.45, 7) is 1.07. The van der Waals surface area contributed by atoms with Crippen molar-refractivity contribution in [2.24, 2.45) is 0 Å². The van der Waals surface area contributed by atoms with Gasteiger partial charge in [-0.3, -0.25) is 9.59 Å². The molecule has 0 unspecified atom stereocenters. The Bertz CT molecular complexity index is 819. The fraction of sp³-hybridized carbons (Fsp3) is 0.353. The molecule has 3 rings (SSSR count). The average Bonchev–Trinajstić information content (AvgIpc) is 3.18. The van der Waals surface area contributed by atoms with Crippen LogP contribution in [0.1, 0.15) is 11.3 Å². The average molecular weight is 394 g/mol. The van der Waals surface area contributed by atoms with Gasteiger partial charge in [-0.25, -0.2) is 4.68 Å². The molecule has 1 aromatic carbocycles. The second-order valence-corrected chi connectivity index (χ2v) is 7.59. The first-order chi connectivity index (χ1) is 12.5. The van der Waals surface area contributed by atoms with Crippen LogP contribution in [0.5, 0.6) is 0 Å². The number of nitrogens with zero attached hydrogens (tertiary/aromatic N) is 3. The third kappa shape index (κ3) is 4.20. The van der Waals surface area contributed by atoms with Crippen LogP contribution in [-0.4, -0.2) is 53.7 Å². The van der Waals surface area contributed by atoms with E-state index in [0.29, 0.717) is 23.9 Å². The van der Waals surface area contributed by atoms with E-state index in [2.05, 4.69) is 15.7 Å². The summed E-state index contributed by atoms with van der Waals surface area (Å²) < 4.78 is 1.66. The molecule has 2 amide bonds. The first kappa shape index (κ1) is 18.8. The topological polar surface area (TPSA) is 79.3 Å². The number of anilines is 1. The number of hydrogen-bond donors (Lipinski definition) is 2. The molecule has 2 N–H and O–H groups in total. The third-order valence-corrected chi connectivity index (χ3v) is 5.13.